The Labute approximate surface area is 202 Å². The van der Waals surface area contributed by atoms with Gasteiger partial charge in [-0.25, -0.2) is 13.0 Å². The van der Waals surface area contributed by atoms with Gasteiger partial charge in [0.1, 0.15) is 39.4 Å². The van der Waals surface area contributed by atoms with E-state index in [1.165, 1.54) is 24.4 Å². The summed E-state index contributed by atoms with van der Waals surface area (Å²) in [6.07, 6.45) is 2.30. The molecule has 0 aliphatic carbocycles. The number of hydrogen-bond acceptors (Lipinski definition) is 8. The minimum Gasteiger partial charge on any atom is -0.386 e. The number of Topliss-reactive ketones (excluding diaryl/α,β-unsaturated/α-hetero) is 1. The molecule has 11 heteroatoms. The molecule has 4 rings (SSSR count). The van der Waals surface area contributed by atoms with Crippen LogP contribution in [-0.4, -0.2) is 42.3 Å². The van der Waals surface area contributed by atoms with Crippen LogP contribution in [0.2, 0.25) is 5.02 Å². The smallest absolute Gasteiger partial charge is 0.188 e. The highest BCUT2D eigenvalue weighted by Gasteiger charge is 2.56. The van der Waals surface area contributed by atoms with Crippen molar-refractivity contribution in [3.05, 3.63) is 57.9 Å². The summed E-state index contributed by atoms with van der Waals surface area (Å²) in [6, 6.07) is 5.89. The van der Waals surface area contributed by atoms with Gasteiger partial charge in [0.2, 0.25) is 0 Å². The Kier molecular flexibility index (Phi) is 5.98. The number of amidine groups is 1. The largest absolute Gasteiger partial charge is 0.386 e. The van der Waals surface area contributed by atoms with E-state index in [0.717, 1.165) is 0 Å². The average Bonchev–Trinajstić information content (AvgIpc) is 2.79. The summed E-state index contributed by atoms with van der Waals surface area (Å²) >= 11 is 6.12. The fraction of sp³-hybridized carbons (Fsp3) is 0.435. The van der Waals surface area contributed by atoms with Crippen LogP contribution < -0.4 is 5.73 Å². The third-order valence-corrected chi connectivity index (χ3v) is 10.6. The van der Waals surface area contributed by atoms with E-state index < -0.39 is 36.9 Å². The molecule has 0 saturated carbocycles. The number of nitrogens with zero attached hydrogens (tertiary/aromatic N) is 5. The molecule has 2 aromatic heterocycles. The fourth-order valence-electron chi connectivity index (χ4n) is 4.54. The molecule has 0 unspecified atom stereocenters. The van der Waals surface area contributed by atoms with Gasteiger partial charge in [-0.3, -0.25) is 19.8 Å². The van der Waals surface area contributed by atoms with Crippen LogP contribution in [0.25, 0.3) is 0 Å². The molecule has 0 radical (unpaired) electrons. The van der Waals surface area contributed by atoms with Gasteiger partial charge in [-0.15, -0.1) is 0 Å². The van der Waals surface area contributed by atoms with Crippen molar-refractivity contribution >= 4 is 32.9 Å². The second-order valence-electron chi connectivity index (χ2n) is 9.11. The average molecular weight is 503 g/mol. The molecule has 0 aromatic carbocycles. The summed E-state index contributed by atoms with van der Waals surface area (Å²) in [7, 11) is -2.88. The summed E-state index contributed by atoms with van der Waals surface area (Å²) in [5.74, 6) is -0.927. The topological polar surface area (TPSA) is 134 Å². The Morgan fingerprint density at radius 1 is 1.38 bits per heavy atom. The lowest BCUT2D eigenvalue weighted by molar-refractivity contribution is 0.0987. The van der Waals surface area contributed by atoms with Crippen molar-refractivity contribution in [1.29, 1.82) is 5.26 Å². The van der Waals surface area contributed by atoms with E-state index >= 15 is 4.39 Å². The molecule has 3 atom stereocenters. The first-order valence-corrected chi connectivity index (χ1v) is 12.7. The number of carbonyl (C=O) groups is 1. The summed E-state index contributed by atoms with van der Waals surface area (Å²) in [5.41, 5.74) is 5.44. The van der Waals surface area contributed by atoms with Crippen molar-refractivity contribution in [2.75, 3.05) is 6.54 Å². The third kappa shape index (κ3) is 3.67. The molecule has 8 nitrogen and oxygen atoms in total. The molecule has 2 aliphatic rings. The van der Waals surface area contributed by atoms with Gasteiger partial charge in [-0.2, -0.15) is 5.26 Å². The van der Waals surface area contributed by atoms with Crippen molar-refractivity contribution in [3.8, 4) is 6.07 Å². The molecule has 0 fully saturated rings. The number of pyridine rings is 2. The normalized spacial score (nSPS) is 27.6. The van der Waals surface area contributed by atoms with Crippen molar-refractivity contribution in [1.82, 2.24) is 9.97 Å². The summed E-state index contributed by atoms with van der Waals surface area (Å²) < 4.78 is 32.8. The molecule has 34 heavy (non-hydrogen) atoms. The lowest BCUT2D eigenvalue weighted by atomic mass is 9.88. The number of hydrogen-bond donors (Lipinski definition) is 1. The fourth-order valence-corrected chi connectivity index (χ4v) is 8.04. The van der Waals surface area contributed by atoms with Crippen LogP contribution in [0.1, 0.15) is 61.1 Å². The minimum absolute atomic E-state index is 0.00432. The molecular formula is C23H24ClFN6O2S. The molecule has 0 spiro atoms. The van der Waals surface area contributed by atoms with Gasteiger partial charge >= 0.3 is 0 Å². The number of rotatable bonds is 4. The molecule has 4 heterocycles. The van der Waals surface area contributed by atoms with Crippen molar-refractivity contribution < 1.29 is 13.4 Å². The Balaban J connectivity index is 1.77. The summed E-state index contributed by atoms with van der Waals surface area (Å²) in [6.45, 7) is 5.63. The standard InChI is InChI=1S/C23H24ClFN6O2S/c1-22(2)21(27)31-23(3,18-5-4-8-29-34(18,22)33)20-16(25)7-6-14(30-20)10-17(32)19-15(24)9-13(11-26)12-28-19/h6-7,9,12,18H,4-5,8,10H2,1-3H3,(H2,27,31)/t18-,23-,34-/m0/s1. The lowest BCUT2D eigenvalue weighted by Crippen LogP contribution is -2.60. The molecular weight excluding hydrogens is 479 g/mol. The monoisotopic (exact) mass is 502 g/mol. The number of ketones is 1. The zero-order chi connectivity index (χ0) is 24.9. The second-order valence-corrected chi connectivity index (χ2v) is 12.5. The number of halogens is 2. The highest BCUT2D eigenvalue weighted by atomic mass is 35.5. The van der Waals surface area contributed by atoms with Crippen LogP contribution in [0.4, 0.5) is 4.39 Å². The molecule has 2 N–H and O–H groups in total. The van der Waals surface area contributed by atoms with Gasteiger partial charge in [0.15, 0.2) is 5.78 Å². The maximum Gasteiger partial charge on any atom is 0.188 e. The van der Waals surface area contributed by atoms with Gasteiger partial charge in [-0.1, -0.05) is 11.6 Å². The highest BCUT2D eigenvalue weighted by molar-refractivity contribution is 7.96. The molecule has 0 saturated heterocycles. The SMILES string of the molecule is CC1(C)C(N)=N[C@](C)(c2nc(CC(=O)c3ncc(C#N)cc3Cl)ccc2F)[C@@H]2CCCN=[S@]21=O. The molecule has 0 bridgehead atoms. The van der Waals surface area contributed by atoms with Crippen molar-refractivity contribution in [2.45, 2.75) is 55.6 Å². The first kappa shape index (κ1) is 24.2. The van der Waals surface area contributed by atoms with Gasteiger partial charge in [-0.05, 0) is 51.8 Å². The minimum atomic E-state index is -2.88. The zero-order valence-corrected chi connectivity index (χ0v) is 20.6. The Morgan fingerprint density at radius 2 is 2.12 bits per heavy atom. The third-order valence-electron chi connectivity index (χ3n) is 6.58. The van der Waals surface area contributed by atoms with E-state index in [-0.39, 0.29) is 39.9 Å². The number of carbonyl (C=O) groups excluding carboxylic acids is 1. The quantitative estimate of drug-likeness (QED) is 0.635. The maximum absolute atomic E-state index is 15.2. The van der Waals surface area contributed by atoms with Crippen LogP contribution in [0.3, 0.4) is 0 Å². The van der Waals surface area contributed by atoms with Crippen molar-refractivity contribution in [3.63, 3.8) is 0 Å². The van der Waals surface area contributed by atoms with E-state index in [9.17, 15) is 9.00 Å². The molecule has 178 valence electrons. The predicted molar refractivity (Wildman–Crippen MR) is 128 cm³/mol. The Morgan fingerprint density at radius 3 is 2.79 bits per heavy atom. The lowest BCUT2D eigenvalue weighted by Gasteiger charge is -2.47. The molecule has 2 aliphatic heterocycles. The van der Waals surface area contributed by atoms with Crippen LogP contribution in [0, 0.1) is 17.1 Å². The van der Waals surface area contributed by atoms with E-state index in [0.29, 0.717) is 19.4 Å². The van der Waals surface area contributed by atoms with Gasteiger partial charge in [0.05, 0.1) is 32.0 Å². The summed E-state index contributed by atoms with van der Waals surface area (Å²) in [5, 5.41) is 8.42. The number of fused-ring (bicyclic) bond motifs is 1. The van der Waals surface area contributed by atoms with Crippen LogP contribution in [-0.2, 0) is 21.7 Å². The highest BCUT2D eigenvalue weighted by Crippen LogP contribution is 2.46. The van der Waals surface area contributed by atoms with Gasteiger partial charge in [0, 0.05) is 18.4 Å². The number of aliphatic imine (C=N–C) groups is 1. The van der Waals surface area contributed by atoms with E-state index in [2.05, 4.69) is 19.3 Å². The van der Waals surface area contributed by atoms with E-state index in [1.807, 2.05) is 6.07 Å². The molecule has 0 amide bonds. The number of nitrogens with two attached hydrogens (primary N) is 1. The Hall–Kier alpha value is -2.90. The molecule has 2 aromatic rings. The zero-order valence-electron chi connectivity index (χ0n) is 19.0. The second kappa shape index (κ2) is 8.40. The van der Waals surface area contributed by atoms with E-state index in [4.69, 9.17) is 22.6 Å². The first-order valence-electron chi connectivity index (χ1n) is 10.8. The van der Waals surface area contributed by atoms with Crippen LogP contribution in [0.15, 0.2) is 33.8 Å². The Bertz CT molecular complexity index is 1390. The number of nitriles is 1. The first-order chi connectivity index (χ1) is 15.9. The maximum atomic E-state index is 15.2. The predicted octanol–water partition coefficient (Wildman–Crippen LogP) is 3.56. The van der Waals surface area contributed by atoms with E-state index in [1.54, 1.807) is 20.8 Å². The van der Waals surface area contributed by atoms with Gasteiger partial charge in [0.25, 0.3) is 0 Å². The van der Waals surface area contributed by atoms with Crippen molar-refractivity contribution in [2.24, 2.45) is 15.1 Å². The summed E-state index contributed by atoms with van der Waals surface area (Å²) in [4.78, 5) is 25.9. The van der Waals surface area contributed by atoms with Crippen LogP contribution in [0.5, 0.6) is 0 Å². The number of aromatic nitrogens is 2. The van der Waals surface area contributed by atoms with Gasteiger partial charge < -0.3 is 5.73 Å². The van der Waals surface area contributed by atoms with Crippen LogP contribution >= 0.6 is 11.6 Å².